The van der Waals surface area contributed by atoms with Gasteiger partial charge in [0.15, 0.2) is 0 Å². The fraction of sp³-hybridized carbons (Fsp3) is 0.383. The number of halogens is 4. The molecular formula is C47H58Cl4Zr-4. The molecule has 0 amide bonds. The van der Waals surface area contributed by atoms with Gasteiger partial charge >= 0.3 is 28.4 Å². The molecule has 2 aliphatic carbocycles. The molecule has 0 radical (unpaired) electrons. The zero-order valence-corrected chi connectivity index (χ0v) is 38.4. The van der Waals surface area contributed by atoms with Gasteiger partial charge in [-0.25, -0.2) is 6.08 Å². The molecule has 0 N–H and O–H groups in total. The summed E-state index contributed by atoms with van der Waals surface area (Å²) in [5.41, 5.74) is 10.5. The third-order valence-electron chi connectivity index (χ3n) is 8.37. The van der Waals surface area contributed by atoms with Gasteiger partial charge < -0.3 is 0 Å². The van der Waals surface area contributed by atoms with E-state index in [-0.39, 0.29) is 35.6 Å². The molecule has 0 aromatic heterocycles. The van der Waals surface area contributed by atoms with Crippen LogP contribution in [0.1, 0.15) is 111 Å². The van der Waals surface area contributed by atoms with Crippen molar-refractivity contribution >= 4 is 52.2 Å². The average molecular weight is 856 g/mol. The molecule has 1 unspecified atom stereocenters. The van der Waals surface area contributed by atoms with E-state index in [2.05, 4.69) is 140 Å². The van der Waals surface area contributed by atoms with Crippen LogP contribution >= 0.6 is 48.0 Å². The fourth-order valence-corrected chi connectivity index (χ4v) is 5.61. The van der Waals surface area contributed by atoms with Crippen molar-refractivity contribution < 1.29 is 24.2 Å². The zero-order chi connectivity index (χ0) is 37.5. The summed E-state index contributed by atoms with van der Waals surface area (Å²) in [6.45, 7) is 22.6. The molecule has 0 heterocycles. The van der Waals surface area contributed by atoms with Crippen LogP contribution in [0.5, 0.6) is 0 Å². The predicted molar refractivity (Wildman–Crippen MR) is 231 cm³/mol. The number of rotatable bonds is 3. The summed E-state index contributed by atoms with van der Waals surface area (Å²) < 4.78 is 3.34. The molecule has 0 fully saturated rings. The Labute approximate surface area is 355 Å². The maximum absolute atomic E-state index is 5.51. The third-order valence-corrected chi connectivity index (χ3v) is 8.84. The summed E-state index contributed by atoms with van der Waals surface area (Å²) in [6.07, 6.45) is 12.9. The van der Waals surface area contributed by atoms with E-state index in [4.69, 9.17) is 23.2 Å². The van der Waals surface area contributed by atoms with Crippen molar-refractivity contribution in [2.75, 3.05) is 0 Å². The Balaban J connectivity index is 0.000000717. The summed E-state index contributed by atoms with van der Waals surface area (Å²) >= 11 is 12.3. The summed E-state index contributed by atoms with van der Waals surface area (Å²) in [5.74, 6) is 0.592. The second-order valence-corrected chi connectivity index (χ2v) is 16.6. The van der Waals surface area contributed by atoms with E-state index in [1.54, 1.807) is 12.1 Å². The number of hydrogen-bond donors (Lipinski definition) is 0. The molecule has 0 spiro atoms. The Bertz CT molecular complexity index is 1560. The van der Waals surface area contributed by atoms with Crippen LogP contribution in [-0.4, -0.2) is 4.21 Å². The van der Waals surface area contributed by atoms with Crippen LogP contribution in [0.25, 0.3) is 11.1 Å². The summed E-state index contributed by atoms with van der Waals surface area (Å²) in [6, 6.07) is 35.2. The fourth-order valence-electron chi connectivity index (χ4n) is 5.34. The molecule has 0 saturated carbocycles. The van der Waals surface area contributed by atoms with Crippen LogP contribution in [0.15, 0.2) is 96.6 Å². The van der Waals surface area contributed by atoms with E-state index in [0.29, 0.717) is 11.3 Å². The molecule has 4 aromatic carbocycles. The first-order chi connectivity index (χ1) is 23.5. The van der Waals surface area contributed by atoms with Crippen molar-refractivity contribution in [3.05, 3.63) is 153 Å². The molecule has 0 bridgehead atoms. The molecule has 282 valence electrons. The first-order valence-corrected chi connectivity index (χ1v) is 20.1. The van der Waals surface area contributed by atoms with E-state index in [0.717, 1.165) is 16.5 Å². The van der Waals surface area contributed by atoms with Gasteiger partial charge in [0.05, 0.1) is 0 Å². The number of fused-ring (bicyclic) bond motifs is 3. The molecular weight excluding hydrogens is 798 g/mol. The Hall–Kier alpha value is -1.73. The minimum atomic E-state index is 0. The topological polar surface area (TPSA) is 0 Å². The van der Waals surface area contributed by atoms with Gasteiger partial charge in [0.25, 0.3) is 0 Å². The van der Waals surface area contributed by atoms with E-state index >= 15 is 0 Å². The van der Waals surface area contributed by atoms with Gasteiger partial charge in [0.1, 0.15) is 0 Å². The van der Waals surface area contributed by atoms with Crippen LogP contribution < -0.4 is 0 Å². The quantitative estimate of drug-likeness (QED) is 0.159. The van der Waals surface area contributed by atoms with E-state index in [1.807, 2.05) is 36.4 Å². The Morgan fingerprint density at radius 2 is 1.31 bits per heavy atom. The van der Waals surface area contributed by atoms with Crippen molar-refractivity contribution in [3.8, 4) is 11.1 Å². The molecule has 5 heteroatoms. The zero-order valence-electron chi connectivity index (χ0n) is 32.8. The van der Waals surface area contributed by atoms with Gasteiger partial charge in [-0.15, -0.1) is 35.9 Å². The summed E-state index contributed by atoms with van der Waals surface area (Å²) in [5, 5.41) is 1.48. The average Bonchev–Trinajstić information content (AvgIpc) is 3.70. The standard InChI is InChI=1S/C21H25.C13H21.2C6H4Cl.CH2.2ClH.Zr/c1-20(2,3)16-7-9-18-14(12-16)11-15-13-17(21(4,5)6)8-10-19(15)18;1-5-6-7-11-8-9-12(10-11)13(2,3)4;2*7-6-4-2-1-3-5-6;;;;/h7-10,12H,11H2,1-6H3;9-11H,5-7H2,1-4H3;2*1-2,4-5H;1H2;2*1H;/q4*-1;;;;. The van der Waals surface area contributed by atoms with Gasteiger partial charge in [-0.2, -0.15) is 119 Å². The van der Waals surface area contributed by atoms with Crippen molar-refractivity contribution in [2.24, 2.45) is 11.3 Å². The SMILES string of the molecule is CC(C)(C)c1[c-]c2c(cc1)-c1ccc(C(C)(C)C)cc1C2.CCCCC1[C-]=CC(C(C)(C)C)=C1.Cl.Cl.Clc1c[c-]ccc1.Clc1c[c-]ccc1.[CH2]=[Zr]. The van der Waals surface area contributed by atoms with Gasteiger partial charge in [-0.1, -0.05) is 134 Å². The van der Waals surface area contributed by atoms with Gasteiger partial charge in [0, 0.05) is 0 Å². The van der Waals surface area contributed by atoms with E-state index in [1.165, 1.54) is 82.5 Å². The molecule has 2 aliphatic rings. The van der Waals surface area contributed by atoms with Crippen LogP contribution in [0, 0.1) is 35.6 Å². The molecule has 1 atom stereocenters. The van der Waals surface area contributed by atoms with Crippen LogP contribution in [0.2, 0.25) is 10.0 Å². The monoisotopic (exact) mass is 852 g/mol. The van der Waals surface area contributed by atoms with Gasteiger partial charge in [-0.05, 0) is 28.4 Å². The van der Waals surface area contributed by atoms with E-state index < -0.39 is 0 Å². The number of benzene rings is 4. The van der Waals surface area contributed by atoms with Crippen molar-refractivity contribution in [1.82, 2.24) is 0 Å². The molecule has 4 aromatic rings. The summed E-state index contributed by atoms with van der Waals surface area (Å²) in [7, 11) is 0. The van der Waals surface area contributed by atoms with Gasteiger partial charge in [-0.3, -0.25) is 6.08 Å². The first kappa shape index (κ1) is 50.3. The first-order valence-electron chi connectivity index (χ1n) is 17.6. The van der Waals surface area contributed by atoms with Gasteiger partial charge in [0.2, 0.25) is 0 Å². The van der Waals surface area contributed by atoms with Crippen molar-refractivity contribution in [1.29, 1.82) is 0 Å². The van der Waals surface area contributed by atoms with Crippen molar-refractivity contribution in [2.45, 2.75) is 106 Å². The van der Waals surface area contributed by atoms with Crippen LogP contribution in [-0.2, 0) is 41.5 Å². The molecule has 6 rings (SSSR count). The molecule has 0 nitrogen and oxygen atoms in total. The minimum absolute atomic E-state index is 0. The number of unbranched alkanes of at least 4 members (excludes halogenated alkanes) is 1. The Kier molecular flexibility index (Phi) is 23.1. The molecule has 0 saturated heterocycles. The van der Waals surface area contributed by atoms with E-state index in [9.17, 15) is 0 Å². The maximum atomic E-state index is 5.51. The van der Waals surface area contributed by atoms with Crippen LogP contribution in [0.3, 0.4) is 0 Å². The number of allylic oxidation sites excluding steroid dienone is 4. The Morgan fingerprint density at radius 3 is 1.71 bits per heavy atom. The number of hydrogen-bond acceptors (Lipinski definition) is 0. The summed E-state index contributed by atoms with van der Waals surface area (Å²) in [4.78, 5) is 0. The predicted octanol–water partition coefficient (Wildman–Crippen LogP) is 14.9. The van der Waals surface area contributed by atoms with Crippen LogP contribution in [0.4, 0.5) is 0 Å². The second-order valence-electron chi connectivity index (χ2n) is 15.7. The molecule has 52 heavy (non-hydrogen) atoms. The normalized spacial score (nSPS) is 13.6. The Morgan fingerprint density at radius 1 is 0.750 bits per heavy atom. The van der Waals surface area contributed by atoms with Crippen molar-refractivity contribution in [3.63, 3.8) is 0 Å². The molecule has 0 aliphatic heterocycles. The third kappa shape index (κ3) is 17.2. The second kappa shape index (κ2) is 23.9.